The zero-order chi connectivity index (χ0) is 20.4. The van der Waals surface area contributed by atoms with Crippen molar-refractivity contribution in [1.29, 1.82) is 0 Å². The highest BCUT2D eigenvalue weighted by atomic mass is 19.1. The summed E-state index contributed by atoms with van der Waals surface area (Å²) in [6, 6.07) is 4.85. The Morgan fingerprint density at radius 1 is 1.25 bits per heavy atom. The maximum Gasteiger partial charge on any atom is 0.306 e. The molecule has 1 aromatic heterocycles. The number of hydrogen-bond donors (Lipinski definition) is 2. The number of amides is 2. The smallest absolute Gasteiger partial charge is 0.306 e. The van der Waals surface area contributed by atoms with E-state index in [4.69, 9.17) is 5.11 Å². The Bertz CT molecular complexity index is 995. The Morgan fingerprint density at radius 3 is 2.57 bits per heavy atom. The fourth-order valence-corrected chi connectivity index (χ4v) is 3.37. The highest BCUT2D eigenvalue weighted by Crippen LogP contribution is 2.19. The summed E-state index contributed by atoms with van der Waals surface area (Å²) in [4.78, 5) is 53.3. The molecular formula is C19H20FN3O5. The molecule has 2 N–H and O–H groups in total. The molecule has 2 heterocycles. The van der Waals surface area contributed by atoms with Crippen molar-refractivity contribution < 1.29 is 23.9 Å². The van der Waals surface area contributed by atoms with Crippen LogP contribution in [0.25, 0.3) is 10.9 Å². The molecule has 0 aliphatic carbocycles. The summed E-state index contributed by atoms with van der Waals surface area (Å²) in [6.45, 7) is 0.447. The van der Waals surface area contributed by atoms with E-state index in [9.17, 15) is 23.6 Å². The molecule has 9 heteroatoms. The molecule has 0 radical (unpaired) electrons. The van der Waals surface area contributed by atoms with Crippen molar-refractivity contribution in [2.75, 3.05) is 26.7 Å². The number of carboxylic acid groups (broad SMARTS) is 1. The number of nitrogens with one attached hydrogen (secondary N) is 1. The Kier molecular flexibility index (Phi) is 5.43. The fourth-order valence-electron chi connectivity index (χ4n) is 3.37. The third-order valence-electron chi connectivity index (χ3n) is 4.95. The van der Waals surface area contributed by atoms with E-state index >= 15 is 0 Å². The van der Waals surface area contributed by atoms with Gasteiger partial charge < -0.3 is 19.9 Å². The molecular weight excluding hydrogens is 369 g/mol. The lowest BCUT2D eigenvalue weighted by Gasteiger charge is -2.31. The van der Waals surface area contributed by atoms with Gasteiger partial charge in [-0.3, -0.25) is 19.2 Å². The van der Waals surface area contributed by atoms with Crippen molar-refractivity contribution in [3.63, 3.8) is 0 Å². The third-order valence-corrected chi connectivity index (χ3v) is 4.95. The van der Waals surface area contributed by atoms with Crippen LogP contribution in [0, 0.1) is 11.7 Å². The van der Waals surface area contributed by atoms with Gasteiger partial charge in [0, 0.05) is 31.6 Å². The van der Waals surface area contributed by atoms with Gasteiger partial charge in [-0.05, 0) is 31.0 Å². The summed E-state index contributed by atoms with van der Waals surface area (Å²) in [5.74, 6) is -2.68. The molecule has 148 valence electrons. The van der Waals surface area contributed by atoms with Gasteiger partial charge in [0.15, 0.2) is 0 Å². The number of nitrogens with zero attached hydrogens (tertiary/aromatic N) is 2. The number of carboxylic acids is 1. The number of carbonyl (C=O) groups excluding carboxylic acids is 2. The van der Waals surface area contributed by atoms with Gasteiger partial charge in [-0.25, -0.2) is 4.39 Å². The first-order valence-corrected chi connectivity index (χ1v) is 8.85. The molecule has 0 bridgehead atoms. The molecule has 0 saturated carbocycles. The second-order valence-electron chi connectivity index (χ2n) is 6.89. The van der Waals surface area contributed by atoms with Gasteiger partial charge in [-0.1, -0.05) is 0 Å². The van der Waals surface area contributed by atoms with Crippen LogP contribution in [0.3, 0.4) is 0 Å². The number of carbonyl (C=O) groups is 3. The van der Waals surface area contributed by atoms with Gasteiger partial charge in [0.25, 0.3) is 5.91 Å². The molecule has 0 unspecified atom stereocenters. The monoisotopic (exact) mass is 389 g/mol. The number of piperidine rings is 1. The molecule has 1 aliphatic heterocycles. The van der Waals surface area contributed by atoms with Crippen LogP contribution in [0.5, 0.6) is 0 Å². The van der Waals surface area contributed by atoms with E-state index in [1.165, 1.54) is 29.0 Å². The minimum Gasteiger partial charge on any atom is -0.481 e. The van der Waals surface area contributed by atoms with Crippen LogP contribution in [0.1, 0.15) is 23.2 Å². The van der Waals surface area contributed by atoms with Crippen molar-refractivity contribution in [3.05, 3.63) is 46.0 Å². The number of hydrogen-bond acceptors (Lipinski definition) is 4. The average Bonchev–Trinajstić information content (AvgIpc) is 2.66. The molecule has 0 spiro atoms. The average molecular weight is 389 g/mol. The number of aromatic nitrogens is 1. The molecule has 3 rings (SSSR count). The highest BCUT2D eigenvalue weighted by Gasteiger charge is 2.28. The second kappa shape index (κ2) is 7.79. The summed E-state index contributed by atoms with van der Waals surface area (Å²) in [7, 11) is 1.45. The largest absolute Gasteiger partial charge is 0.481 e. The molecule has 2 amide bonds. The van der Waals surface area contributed by atoms with Crippen LogP contribution < -0.4 is 5.56 Å². The topological polar surface area (TPSA) is 111 Å². The molecule has 1 saturated heterocycles. The number of pyridine rings is 1. The SMILES string of the molecule is CN(CC(=O)N1CCC(C(=O)O)CC1)C(=O)c1cc(=O)[nH]c2cc(F)ccc12. The van der Waals surface area contributed by atoms with Gasteiger partial charge in [0.2, 0.25) is 11.5 Å². The number of benzene rings is 1. The van der Waals surface area contributed by atoms with Crippen molar-refractivity contribution in [2.45, 2.75) is 12.8 Å². The Hall–Kier alpha value is -3.23. The van der Waals surface area contributed by atoms with E-state index in [-0.39, 0.29) is 23.5 Å². The van der Waals surface area contributed by atoms with Crippen LogP contribution in [0.15, 0.2) is 29.1 Å². The normalized spacial score (nSPS) is 14.9. The van der Waals surface area contributed by atoms with Crippen LogP contribution in [0.2, 0.25) is 0 Å². The minimum atomic E-state index is -0.864. The Labute approximate surface area is 159 Å². The van der Waals surface area contributed by atoms with Crippen molar-refractivity contribution >= 4 is 28.7 Å². The van der Waals surface area contributed by atoms with Crippen LogP contribution >= 0.6 is 0 Å². The number of likely N-dealkylation sites (tertiary alicyclic amines) is 1. The van der Waals surface area contributed by atoms with Crippen molar-refractivity contribution in [1.82, 2.24) is 14.8 Å². The summed E-state index contributed by atoms with van der Waals surface area (Å²) in [5.41, 5.74) is -0.262. The Morgan fingerprint density at radius 2 is 1.93 bits per heavy atom. The summed E-state index contributed by atoms with van der Waals surface area (Å²) in [5, 5.41) is 9.41. The quantitative estimate of drug-likeness (QED) is 0.812. The van der Waals surface area contributed by atoms with Gasteiger partial charge >= 0.3 is 5.97 Å². The number of aromatic amines is 1. The third kappa shape index (κ3) is 4.03. The van der Waals surface area contributed by atoms with E-state index in [2.05, 4.69) is 4.98 Å². The first-order valence-electron chi connectivity index (χ1n) is 8.85. The second-order valence-corrected chi connectivity index (χ2v) is 6.89. The molecule has 2 aromatic rings. The van der Waals surface area contributed by atoms with E-state index < -0.39 is 29.2 Å². The summed E-state index contributed by atoms with van der Waals surface area (Å²) < 4.78 is 13.4. The zero-order valence-corrected chi connectivity index (χ0v) is 15.3. The van der Waals surface area contributed by atoms with Crippen LogP contribution in [-0.4, -0.2) is 64.4 Å². The number of halogens is 1. The predicted octanol–water partition coefficient (Wildman–Crippen LogP) is 1.06. The lowest BCUT2D eigenvalue weighted by molar-refractivity contribution is -0.145. The number of likely N-dealkylation sites (N-methyl/N-ethyl adjacent to an activating group) is 1. The number of fused-ring (bicyclic) bond motifs is 1. The van der Waals surface area contributed by atoms with E-state index in [0.29, 0.717) is 31.3 Å². The fraction of sp³-hybridized carbons (Fsp3) is 0.368. The Balaban J connectivity index is 1.73. The lowest BCUT2D eigenvalue weighted by Crippen LogP contribution is -2.45. The molecule has 1 fully saturated rings. The van der Waals surface area contributed by atoms with Gasteiger partial charge in [0.05, 0.1) is 23.5 Å². The minimum absolute atomic E-state index is 0.0821. The van der Waals surface area contributed by atoms with Crippen molar-refractivity contribution in [2.24, 2.45) is 5.92 Å². The van der Waals surface area contributed by atoms with Crippen LogP contribution in [-0.2, 0) is 9.59 Å². The van der Waals surface area contributed by atoms with Gasteiger partial charge in [0.1, 0.15) is 5.82 Å². The lowest BCUT2D eigenvalue weighted by atomic mass is 9.97. The summed E-state index contributed by atoms with van der Waals surface area (Å²) in [6.07, 6.45) is 0.756. The predicted molar refractivity (Wildman–Crippen MR) is 98.4 cm³/mol. The number of aliphatic carboxylic acids is 1. The van der Waals surface area contributed by atoms with Crippen molar-refractivity contribution in [3.8, 4) is 0 Å². The maximum absolute atomic E-state index is 13.4. The highest BCUT2D eigenvalue weighted by molar-refractivity contribution is 6.06. The number of H-pyrrole nitrogens is 1. The zero-order valence-electron chi connectivity index (χ0n) is 15.3. The first-order chi connectivity index (χ1) is 13.3. The van der Waals surface area contributed by atoms with E-state index in [1.807, 2.05) is 0 Å². The van der Waals surface area contributed by atoms with Crippen LogP contribution in [0.4, 0.5) is 4.39 Å². The van der Waals surface area contributed by atoms with Gasteiger partial charge in [-0.2, -0.15) is 0 Å². The van der Waals surface area contributed by atoms with Gasteiger partial charge in [-0.15, -0.1) is 0 Å². The molecule has 1 aromatic carbocycles. The first kappa shape index (κ1) is 19.5. The maximum atomic E-state index is 13.4. The van der Waals surface area contributed by atoms with E-state index in [0.717, 1.165) is 12.1 Å². The summed E-state index contributed by atoms with van der Waals surface area (Å²) >= 11 is 0. The molecule has 1 aliphatic rings. The molecule has 28 heavy (non-hydrogen) atoms. The standard InChI is InChI=1S/C19H20FN3O5/c1-22(10-17(25)23-6-4-11(5-7-23)19(27)28)18(26)14-9-16(24)21-15-8-12(20)2-3-13(14)15/h2-3,8-9,11H,4-7,10H2,1H3,(H,21,24)(H,27,28). The molecule has 8 nitrogen and oxygen atoms in total. The number of rotatable bonds is 4. The molecule has 0 atom stereocenters. The van der Waals surface area contributed by atoms with E-state index in [1.54, 1.807) is 0 Å².